The molecule has 1 aromatic rings. The smallest absolute Gasteiger partial charge is 0.271 e. The number of carbonyl (C=O) groups excluding carboxylic acids is 1. The van der Waals surface area contributed by atoms with Crippen molar-refractivity contribution >= 4 is 17.5 Å². The molecule has 1 saturated carbocycles. The quantitative estimate of drug-likeness (QED) is 0.873. The van der Waals surface area contributed by atoms with E-state index in [1.165, 1.54) is 12.4 Å². The first kappa shape index (κ1) is 13.2. The summed E-state index contributed by atoms with van der Waals surface area (Å²) in [6, 6.07) is 0. The van der Waals surface area contributed by atoms with E-state index in [9.17, 15) is 9.90 Å². The number of hydrogen-bond acceptors (Lipinski definition) is 4. The molecule has 1 aliphatic rings. The highest BCUT2D eigenvalue weighted by atomic mass is 35.5. The Morgan fingerprint density at radius 2 is 2.06 bits per heavy atom. The molecule has 1 heterocycles. The minimum atomic E-state index is -0.503. The van der Waals surface area contributed by atoms with Crippen LogP contribution in [0.15, 0.2) is 12.4 Å². The summed E-state index contributed by atoms with van der Waals surface area (Å²) in [7, 11) is 0. The Morgan fingerprint density at radius 3 is 2.61 bits per heavy atom. The number of nitrogens with zero attached hydrogens (tertiary/aromatic N) is 2. The second-order valence-electron chi connectivity index (χ2n) is 4.68. The van der Waals surface area contributed by atoms with Crippen LogP contribution in [0.2, 0.25) is 5.15 Å². The number of rotatable bonds is 3. The molecule has 6 heteroatoms. The Labute approximate surface area is 111 Å². The van der Waals surface area contributed by atoms with Crippen molar-refractivity contribution in [3.8, 4) is 0 Å². The van der Waals surface area contributed by atoms with Gasteiger partial charge in [-0.05, 0) is 12.8 Å². The fraction of sp³-hybridized carbons (Fsp3) is 0.583. The lowest BCUT2D eigenvalue weighted by molar-refractivity contribution is 0.0753. The largest absolute Gasteiger partial charge is 0.394 e. The van der Waals surface area contributed by atoms with Crippen molar-refractivity contribution in [2.24, 2.45) is 0 Å². The molecular formula is C12H16ClN3O2. The van der Waals surface area contributed by atoms with Gasteiger partial charge >= 0.3 is 0 Å². The van der Waals surface area contributed by atoms with Crippen LogP contribution in [0.3, 0.4) is 0 Å². The highest BCUT2D eigenvalue weighted by Gasteiger charge is 2.33. The van der Waals surface area contributed by atoms with Gasteiger partial charge < -0.3 is 10.4 Å². The first-order valence-corrected chi connectivity index (χ1v) is 6.44. The van der Waals surface area contributed by atoms with Gasteiger partial charge in [-0.15, -0.1) is 0 Å². The second-order valence-corrected chi connectivity index (χ2v) is 5.06. The maximum absolute atomic E-state index is 12.0. The van der Waals surface area contributed by atoms with E-state index in [2.05, 4.69) is 15.3 Å². The van der Waals surface area contributed by atoms with Crippen molar-refractivity contribution in [2.75, 3.05) is 6.61 Å². The van der Waals surface area contributed by atoms with Crippen LogP contribution < -0.4 is 5.32 Å². The molecule has 5 nitrogen and oxygen atoms in total. The predicted molar refractivity (Wildman–Crippen MR) is 67.4 cm³/mol. The number of aromatic nitrogens is 2. The normalized spacial score (nSPS) is 18.3. The minimum Gasteiger partial charge on any atom is -0.394 e. The van der Waals surface area contributed by atoms with Crippen LogP contribution in [0.5, 0.6) is 0 Å². The minimum absolute atomic E-state index is 0.0419. The predicted octanol–water partition coefficient (Wildman–Crippen LogP) is 1.55. The Bertz CT molecular complexity index is 416. The van der Waals surface area contributed by atoms with E-state index in [1.807, 2.05) is 0 Å². The lowest BCUT2D eigenvalue weighted by Gasteiger charge is -2.36. The number of halogens is 1. The lowest BCUT2D eigenvalue weighted by atomic mass is 9.82. The van der Waals surface area contributed by atoms with Crippen LogP contribution in [0, 0.1) is 0 Å². The average Bonchev–Trinajstić information content (AvgIpc) is 2.40. The molecule has 0 spiro atoms. The summed E-state index contributed by atoms with van der Waals surface area (Å²) in [6.07, 6.45) is 7.47. The summed E-state index contributed by atoms with van der Waals surface area (Å²) in [5.41, 5.74) is -0.283. The van der Waals surface area contributed by atoms with Crippen LogP contribution in [-0.2, 0) is 0 Å². The van der Waals surface area contributed by atoms with Gasteiger partial charge in [0.2, 0.25) is 0 Å². The molecule has 1 aromatic heterocycles. The summed E-state index contributed by atoms with van der Waals surface area (Å²) in [5.74, 6) is -0.310. The third-order valence-corrected chi connectivity index (χ3v) is 3.54. The van der Waals surface area contributed by atoms with E-state index in [4.69, 9.17) is 11.6 Å². The van der Waals surface area contributed by atoms with Crippen LogP contribution in [0.4, 0.5) is 0 Å². The molecule has 0 aromatic carbocycles. The number of carbonyl (C=O) groups is 1. The maximum Gasteiger partial charge on any atom is 0.271 e. The molecule has 0 atom stereocenters. The summed E-state index contributed by atoms with van der Waals surface area (Å²) in [4.78, 5) is 19.8. The van der Waals surface area contributed by atoms with Crippen molar-refractivity contribution in [1.82, 2.24) is 15.3 Å². The van der Waals surface area contributed by atoms with Gasteiger partial charge in [-0.2, -0.15) is 0 Å². The van der Waals surface area contributed by atoms with Gasteiger partial charge in [0, 0.05) is 0 Å². The molecule has 98 valence electrons. The lowest BCUT2D eigenvalue weighted by Crippen LogP contribution is -2.52. The van der Waals surface area contributed by atoms with Crippen molar-refractivity contribution in [1.29, 1.82) is 0 Å². The maximum atomic E-state index is 12.0. The van der Waals surface area contributed by atoms with Crippen LogP contribution in [0.25, 0.3) is 0 Å². The Morgan fingerprint density at radius 1 is 1.33 bits per heavy atom. The molecule has 2 N–H and O–H groups in total. The van der Waals surface area contributed by atoms with Crippen molar-refractivity contribution < 1.29 is 9.90 Å². The molecule has 0 saturated heterocycles. The standard InChI is InChI=1S/C12H16ClN3O2/c13-10-7-14-9(6-15-10)11(18)16-12(8-17)4-2-1-3-5-12/h6-7,17H,1-5,8H2,(H,16,18). The Kier molecular flexibility index (Phi) is 4.14. The number of nitrogens with one attached hydrogen (secondary N) is 1. The van der Waals surface area contributed by atoms with E-state index in [0.29, 0.717) is 0 Å². The van der Waals surface area contributed by atoms with Gasteiger partial charge in [-0.25, -0.2) is 9.97 Å². The molecule has 0 bridgehead atoms. The van der Waals surface area contributed by atoms with E-state index >= 15 is 0 Å². The van der Waals surface area contributed by atoms with Gasteiger partial charge in [0.05, 0.1) is 24.5 Å². The van der Waals surface area contributed by atoms with E-state index < -0.39 is 5.54 Å². The zero-order valence-electron chi connectivity index (χ0n) is 10.0. The highest BCUT2D eigenvalue weighted by Crippen LogP contribution is 2.27. The molecule has 0 radical (unpaired) electrons. The monoisotopic (exact) mass is 269 g/mol. The Balaban J connectivity index is 2.07. The van der Waals surface area contributed by atoms with E-state index in [0.717, 1.165) is 32.1 Å². The summed E-state index contributed by atoms with van der Waals surface area (Å²) in [5, 5.41) is 12.6. The number of aliphatic hydroxyl groups excluding tert-OH is 1. The molecule has 18 heavy (non-hydrogen) atoms. The van der Waals surface area contributed by atoms with E-state index in [1.54, 1.807) is 0 Å². The second kappa shape index (κ2) is 5.63. The van der Waals surface area contributed by atoms with Gasteiger partial charge in [-0.1, -0.05) is 30.9 Å². The van der Waals surface area contributed by atoms with Gasteiger partial charge in [0.1, 0.15) is 10.8 Å². The summed E-state index contributed by atoms with van der Waals surface area (Å²) >= 11 is 5.62. The zero-order valence-corrected chi connectivity index (χ0v) is 10.8. The molecule has 0 unspecified atom stereocenters. The van der Waals surface area contributed by atoms with Crippen LogP contribution in [-0.4, -0.2) is 33.1 Å². The molecule has 1 aliphatic carbocycles. The van der Waals surface area contributed by atoms with Crippen molar-refractivity contribution in [3.05, 3.63) is 23.2 Å². The SMILES string of the molecule is O=C(NC1(CO)CCCCC1)c1cnc(Cl)cn1. The summed E-state index contributed by atoms with van der Waals surface area (Å²) in [6.45, 7) is -0.0419. The topological polar surface area (TPSA) is 75.1 Å². The molecular weight excluding hydrogens is 254 g/mol. The van der Waals surface area contributed by atoms with Crippen molar-refractivity contribution in [3.63, 3.8) is 0 Å². The van der Waals surface area contributed by atoms with Crippen LogP contribution >= 0.6 is 11.6 Å². The van der Waals surface area contributed by atoms with E-state index in [-0.39, 0.29) is 23.4 Å². The summed E-state index contributed by atoms with van der Waals surface area (Å²) < 4.78 is 0. The molecule has 1 amide bonds. The number of aliphatic hydroxyl groups is 1. The van der Waals surface area contributed by atoms with Gasteiger partial charge in [0.15, 0.2) is 0 Å². The number of hydrogen-bond donors (Lipinski definition) is 2. The molecule has 2 rings (SSSR count). The third-order valence-electron chi connectivity index (χ3n) is 3.34. The highest BCUT2D eigenvalue weighted by molar-refractivity contribution is 6.29. The Hall–Kier alpha value is -1.20. The third kappa shape index (κ3) is 2.97. The van der Waals surface area contributed by atoms with Gasteiger partial charge in [0.25, 0.3) is 5.91 Å². The van der Waals surface area contributed by atoms with Crippen molar-refractivity contribution in [2.45, 2.75) is 37.6 Å². The molecule has 0 aliphatic heterocycles. The average molecular weight is 270 g/mol. The zero-order chi connectivity index (χ0) is 13.0. The first-order valence-electron chi connectivity index (χ1n) is 6.06. The van der Waals surface area contributed by atoms with Crippen LogP contribution in [0.1, 0.15) is 42.6 Å². The fourth-order valence-electron chi connectivity index (χ4n) is 2.29. The number of amides is 1. The van der Waals surface area contributed by atoms with Gasteiger partial charge in [-0.3, -0.25) is 4.79 Å². The first-order chi connectivity index (χ1) is 8.65. The fourth-order valence-corrected chi connectivity index (χ4v) is 2.38. The molecule has 1 fully saturated rings.